The number of carbonyl (C=O) groups is 1. The number of hydrogen-bond donors (Lipinski definition) is 3. The van der Waals surface area contributed by atoms with Gasteiger partial charge < -0.3 is 16.4 Å². The molecule has 0 aliphatic carbocycles. The van der Waals surface area contributed by atoms with Crippen LogP contribution in [0.2, 0.25) is 0 Å². The van der Waals surface area contributed by atoms with E-state index in [0.717, 1.165) is 12.1 Å². The van der Waals surface area contributed by atoms with Gasteiger partial charge in [-0.3, -0.25) is 4.79 Å². The molecule has 1 heterocycles. The van der Waals surface area contributed by atoms with Crippen LogP contribution in [0.5, 0.6) is 0 Å². The first-order chi connectivity index (χ1) is 8.93. The number of aryl methyl sites for hydroxylation is 1. The first-order valence-electron chi connectivity index (χ1n) is 6.13. The molecule has 0 bridgehead atoms. The highest BCUT2D eigenvalue weighted by atomic mass is 32.1. The number of anilines is 1. The summed E-state index contributed by atoms with van der Waals surface area (Å²) in [6.07, 6.45) is 0.894. The van der Waals surface area contributed by atoms with Gasteiger partial charge in [0.2, 0.25) is 11.9 Å². The van der Waals surface area contributed by atoms with Crippen molar-refractivity contribution in [2.75, 3.05) is 11.9 Å². The maximum atomic E-state index is 11.7. The molecule has 1 aromatic heterocycles. The average Bonchev–Trinajstić information content (AvgIpc) is 2.34. The molecule has 1 unspecified atom stereocenters. The van der Waals surface area contributed by atoms with Gasteiger partial charge in [0.15, 0.2) is 0 Å². The molecule has 0 aliphatic heterocycles. The molecule has 6 nitrogen and oxygen atoms in total. The molecule has 0 saturated heterocycles. The third-order valence-electron chi connectivity index (χ3n) is 2.39. The predicted molar refractivity (Wildman–Crippen MR) is 79.0 cm³/mol. The number of aromatic nitrogens is 2. The fourth-order valence-corrected chi connectivity index (χ4v) is 1.52. The summed E-state index contributed by atoms with van der Waals surface area (Å²) in [5.41, 5.74) is 6.77. The molecule has 1 aromatic rings. The van der Waals surface area contributed by atoms with Gasteiger partial charge in [-0.15, -0.1) is 0 Å². The van der Waals surface area contributed by atoms with Crippen LogP contribution in [0.15, 0.2) is 6.07 Å². The van der Waals surface area contributed by atoms with Crippen molar-refractivity contribution in [3.63, 3.8) is 0 Å². The van der Waals surface area contributed by atoms with Crippen LogP contribution in [0.4, 0.5) is 5.95 Å². The fourth-order valence-electron chi connectivity index (χ4n) is 1.42. The summed E-state index contributed by atoms with van der Waals surface area (Å²) in [5, 5.41) is 5.73. The predicted octanol–water partition coefficient (Wildman–Crippen LogP) is 0.746. The van der Waals surface area contributed by atoms with Crippen molar-refractivity contribution in [1.82, 2.24) is 15.3 Å². The second-order valence-electron chi connectivity index (χ2n) is 4.24. The molecule has 19 heavy (non-hydrogen) atoms. The molecule has 1 rings (SSSR count). The van der Waals surface area contributed by atoms with Gasteiger partial charge >= 0.3 is 0 Å². The van der Waals surface area contributed by atoms with E-state index in [4.69, 9.17) is 18.0 Å². The van der Waals surface area contributed by atoms with E-state index in [-0.39, 0.29) is 10.9 Å². The lowest BCUT2D eigenvalue weighted by Crippen LogP contribution is -2.38. The zero-order valence-electron chi connectivity index (χ0n) is 11.4. The number of nitrogens with zero attached hydrogens (tertiary/aromatic N) is 2. The molecule has 0 aliphatic rings. The van der Waals surface area contributed by atoms with E-state index in [9.17, 15) is 4.79 Å². The van der Waals surface area contributed by atoms with Crippen molar-refractivity contribution in [2.45, 2.75) is 33.2 Å². The fraction of sp³-hybridized carbons (Fsp3) is 0.500. The third-order valence-corrected chi connectivity index (χ3v) is 2.60. The summed E-state index contributed by atoms with van der Waals surface area (Å²) in [7, 11) is 0. The van der Waals surface area contributed by atoms with E-state index in [0.29, 0.717) is 18.2 Å². The minimum absolute atomic E-state index is 0.0937. The largest absolute Gasteiger partial charge is 0.388 e. The Bertz CT molecular complexity index is 477. The van der Waals surface area contributed by atoms with Crippen molar-refractivity contribution >= 4 is 29.1 Å². The van der Waals surface area contributed by atoms with Crippen LogP contribution in [0.1, 0.15) is 31.7 Å². The molecular formula is C12H19N5OS. The van der Waals surface area contributed by atoms with Crippen molar-refractivity contribution in [1.29, 1.82) is 0 Å². The number of hydrogen-bond acceptors (Lipinski definition) is 5. The molecule has 1 amide bonds. The van der Waals surface area contributed by atoms with Crippen molar-refractivity contribution in [2.24, 2.45) is 5.73 Å². The highest BCUT2D eigenvalue weighted by molar-refractivity contribution is 7.80. The van der Waals surface area contributed by atoms with E-state index in [1.807, 2.05) is 13.8 Å². The number of amides is 1. The summed E-state index contributed by atoms with van der Waals surface area (Å²) < 4.78 is 0. The lowest BCUT2D eigenvalue weighted by atomic mass is 10.3. The van der Waals surface area contributed by atoms with E-state index < -0.39 is 6.04 Å². The Balaban J connectivity index is 2.76. The van der Waals surface area contributed by atoms with Gasteiger partial charge in [-0.1, -0.05) is 19.1 Å². The zero-order chi connectivity index (χ0) is 14.4. The molecule has 104 valence electrons. The highest BCUT2D eigenvalue weighted by Crippen LogP contribution is 2.06. The van der Waals surface area contributed by atoms with Crippen LogP contribution in [0, 0.1) is 6.92 Å². The highest BCUT2D eigenvalue weighted by Gasteiger charge is 2.14. The van der Waals surface area contributed by atoms with E-state index >= 15 is 0 Å². The van der Waals surface area contributed by atoms with Crippen LogP contribution in [0.25, 0.3) is 0 Å². The van der Waals surface area contributed by atoms with Gasteiger partial charge in [-0.05, 0) is 26.3 Å². The van der Waals surface area contributed by atoms with Crippen LogP contribution < -0.4 is 16.4 Å². The Morgan fingerprint density at radius 2 is 2.21 bits per heavy atom. The lowest BCUT2D eigenvalue weighted by Gasteiger charge is -2.14. The monoisotopic (exact) mass is 281 g/mol. The Labute approximate surface area is 118 Å². The SMILES string of the molecule is CCCNC(=O)C(C)Nc1nc(C)cc(C(N)=S)n1. The van der Waals surface area contributed by atoms with Crippen molar-refractivity contribution < 1.29 is 4.79 Å². The second-order valence-corrected chi connectivity index (χ2v) is 4.68. The van der Waals surface area contributed by atoms with E-state index in [1.54, 1.807) is 13.0 Å². The molecule has 0 aromatic carbocycles. The topological polar surface area (TPSA) is 92.9 Å². The number of rotatable bonds is 6. The van der Waals surface area contributed by atoms with Crippen molar-refractivity contribution in [3.8, 4) is 0 Å². The molecular weight excluding hydrogens is 262 g/mol. The Morgan fingerprint density at radius 3 is 2.79 bits per heavy atom. The van der Waals surface area contributed by atoms with Gasteiger partial charge in [0, 0.05) is 12.2 Å². The van der Waals surface area contributed by atoms with Gasteiger partial charge in [-0.25, -0.2) is 9.97 Å². The molecule has 1 atom stereocenters. The first-order valence-corrected chi connectivity index (χ1v) is 6.54. The Hall–Kier alpha value is -1.76. The molecule has 0 spiro atoms. The smallest absolute Gasteiger partial charge is 0.242 e. The minimum atomic E-state index is -0.424. The van der Waals surface area contributed by atoms with Gasteiger partial charge in [0.05, 0.1) is 0 Å². The van der Waals surface area contributed by atoms with E-state index in [1.165, 1.54) is 0 Å². The van der Waals surface area contributed by atoms with Gasteiger partial charge in [-0.2, -0.15) is 0 Å². The summed E-state index contributed by atoms with van der Waals surface area (Å²) in [4.78, 5) is 20.3. The van der Waals surface area contributed by atoms with Crippen LogP contribution >= 0.6 is 12.2 Å². The van der Waals surface area contributed by atoms with Crippen LogP contribution in [-0.2, 0) is 4.79 Å². The van der Waals surface area contributed by atoms with Crippen molar-refractivity contribution in [3.05, 3.63) is 17.5 Å². The molecule has 4 N–H and O–H groups in total. The Morgan fingerprint density at radius 1 is 1.53 bits per heavy atom. The first kappa shape index (κ1) is 15.3. The lowest BCUT2D eigenvalue weighted by molar-refractivity contribution is -0.121. The molecule has 0 fully saturated rings. The number of thiocarbonyl (C=S) groups is 1. The maximum absolute atomic E-state index is 11.7. The van der Waals surface area contributed by atoms with Crippen LogP contribution in [0.3, 0.4) is 0 Å². The molecule has 0 saturated carbocycles. The van der Waals surface area contributed by atoms with Gasteiger partial charge in [0.1, 0.15) is 16.7 Å². The summed E-state index contributed by atoms with van der Waals surface area (Å²) >= 11 is 4.88. The normalized spacial score (nSPS) is 11.7. The maximum Gasteiger partial charge on any atom is 0.242 e. The third kappa shape index (κ3) is 4.78. The second kappa shape index (κ2) is 6.98. The average molecular weight is 281 g/mol. The standard InChI is InChI=1S/C12H19N5OS/c1-4-5-14-11(18)8(3)16-12-15-7(2)6-9(17-12)10(13)19/h6,8H,4-5H2,1-3H3,(H2,13,19)(H,14,18)(H,15,16,17). The minimum Gasteiger partial charge on any atom is -0.388 e. The Kier molecular flexibility index (Phi) is 5.62. The number of nitrogens with two attached hydrogens (primary N) is 1. The summed E-state index contributed by atoms with van der Waals surface area (Å²) in [6.45, 7) is 6.21. The summed E-state index contributed by atoms with van der Waals surface area (Å²) in [5.74, 6) is 0.255. The number of carbonyl (C=O) groups excluding carboxylic acids is 1. The van der Waals surface area contributed by atoms with E-state index in [2.05, 4.69) is 20.6 Å². The molecule has 0 radical (unpaired) electrons. The molecule has 7 heteroatoms. The van der Waals surface area contributed by atoms with Gasteiger partial charge in [0.25, 0.3) is 0 Å². The quantitative estimate of drug-likeness (QED) is 0.666. The number of nitrogens with one attached hydrogen (secondary N) is 2. The summed E-state index contributed by atoms with van der Waals surface area (Å²) in [6, 6.07) is 1.28. The van der Waals surface area contributed by atoms with Crippen LogP contribution in [-0.4, -0.2) is 33.5 Å². The zero-order valence-corrected chi connectivity index (χ0v) is 12.2.